The summed E-state index contributed by atoms with van der Waals surface area (Å²) >= 11 is 0. The number of carbonyl (C=O) groups is 2. The highest BCUT2D eigenvalue weighted by atomic mass is 19.1. The summed E-state index contributed by atoms with van der Waals surface area (Å²) in [6.07, 6.45) is 2.56. The highest BCUT2D eigenvalue weighted by Crippen LogP contribution is 2.40. The second kappa shape index (κ2) is 4.98. The Bertz CT molecular complexity index is 521. The maximum atomic E-state index is 12.9. The Kier molecular flexibility index (Phi) is 3.30. The number of benzene rings is 1. The number of rotatable bonds is 3. The van der Waals surface area contributed by atoms with E-state index in [0.717, 1.165) is 24.8 Å². The predicted octanol–water partition coefficient (Wildman–Crippen LogP) is 1.61. The molecule has 1 heterocycles. The Hall–Kier alpha value is -1.75. The third kappa shape index (κ3) is 2.12. The number of nitrogens with two attached hydrogens (primary N) is 1. The zero-order valence-corrected chi connectivity index (χ0v) is 11.1. The van der Waals surface area contributed by atoms with Crippen LogP contribution in [0.3, 0.4) is 0 Å². The first-order valence-electron chi connectivity index (χ1n) is 6.94. The van der Waals surface area contributed by atoms with Crippen molar-refractivity contribution >= 4 is 11.8 Å². The SMILES string of the molecule is NC(CN1C(=O)C2CCCC2C1=O)c1ccc(F)cc1. The van der Waals surface area contributed by atoms with E-state index in [9.17, 15) is 14.0 Å². The summed E-state index contributed by atoms with van der Waals surface area (Å²) in [6.45, 7) is 0.177. The predicted molar refractivity (Wildman–Crippen MR) is 70.9 cm³/mol. The number of halogens is 1. The highest BCUT2D eigenvalue weighted by Gasteiger charge is 2.49. The fraction of sp³-hybridized carbons (Fsp3) is 0.467. The van der Waals surface area contributed by atoms with Gasteiger partial charge in [0.25, 0.3) is 0 Å². The van der Waals surface area contributed by atoms with Gasteiger partial charge in [0, 0.05) is 12.6 Å². The Morgan fingerprint density at radius 3 is 2.25 bits per heavy atom. The summed E-state index contributed by atoms with van der Waals surface area (Å²) in [5.41, 5.74) is 6.76. The highest BCUT2D eigenvalue weighted by molar-refractivity contribution is 6.05. The van der Waals surface area contributed by atoms with Crippen molar-refractivity contribution in [1.29, 1.82) is 0 Å². The van der Waals surface area contributed by atoms with E-state index >= 15 is 0 Å². The maximum absolute atomic E-state index is 12.9. The van der Waals surface area contributed by atoms with Crippen LogP contribution in [0.15, 0.2) is 24.3 Å². The minimum Gasteiger partial charge on any atom is -0.322 e. The number of amides is 2. The Morgan fingerprint density at radius 1 is 1.15 bits per heavy atom. The van der Waals surface area contributed by atoms with E-state index in [4.69, 9.17) is 5.73 Å². The summed E-state index contributed by atoms with van der Waals surface area (Å²) in [7, 11) is 0. The zero-order chi connectivity index (χ0) is 14.3. The normalized spacial score (nSPS) is 27.0. The van der Waals surface area contributed by atoms with Crippen molar-refractivity contribution in [2.45, 2.75) is 25.3 Å². The lowest BCUT2D eigenvalue weighted by atomic mass is 10.00. The zero-order valence-electron chi connectivity index (χ0n) is 11.1. The molecule has 2 amide bonds. The third-order valence-corrected chi connectivity index (χ3v) is 4.36. The molecule has 2 aliphatic rings. The molecular weight excluding hydrogens is 259 g/mol. The second-order valence-corrected chi connectivity index (χ2v) is 5.59. The van der Waals surface area contributed by atoms with E-state index in [1.807, 2.05) is 0 Å². The minimum atomic E-state index is -0.470. The van der Waals surface area contributed by atoms with Crippen molar-refractivity contribution in [2.24, 2.45) is 17.6 Å². The van der Waals surface area contributed by atoms with Crippen LogP contribution < -0.4 is 5.73 Å². The van der Waals surface area contributed by atoms with Crippen LogP contribution in [0.5, 0.6) is 0 Å². The average Bonchev–Trinajstić information content (AvgIpc) is 2.99. The number of hydrogen-bond acceptors (Lipinski definition) is 3. The lowest BCUT2D eigenvalue weighted by Crippen LogP contribution is -2.37. The number of carbonyl (C=O) groups excluding carboxylic acids is 2. The quantitative estimate of drug-likeness (QED) is 0.853. The van der Waals surface area contributed by atoms with Crippen LogP contribution in [-0.4, -0.2) is 23.3 Å². The molecular formula is C15H17FN2O2. The molecule has 0 aromatic heterocycles. The van der Waals surface area contributed by atoms with Gasteiger partial charge in [0.05, 0.1) is 11.8 Å². The molecule has 1 saturated heterocycles. The van der Waals surface area contributed by atoms with Gasteiger partial charge in [-0.05, 0) is 30.5 Å². The van der Waals surface area contributed by atoms with Crippen molar-refractivity contribution in [2.75, 3.05) is 6.54 Å². The molecule has 3 rings (SSSR count). The van der Waals surface area contributed by atoms with Gasteiger partial charge in [-0.2, -0.15) is 0 Å². The second-order valence-electron chi connectivity index (χ2n) is 5.59. The van der Waals surface area contributed by atoms with Crippen LogP contribution in [0.25, 0.3) is 0 Å². The van der Waals surface area contributed by atoms with E-state index in [1.165, 1.54) is 17.0 Å². The first-order valence-corrected chi connectivity index (χ1v) is 6.94. The van der Waals surface area contributed by atoms with Gasteiger partial charge in [-0.15, -0.1) is 0 Å². The van der Waals surface area contributed by atoms with E-state index in [0.29, 0.717) is 0 Å². The Balaban J connectivity index is 1.73. The van der Waals surface area contributed by atoms with Crippen LogP contribution >= 0.6 is 0 Å². The number of likely N-dealkylation sites (tertiary alicyclic amines) is 1. The molecule has 106 valence electrons. The number of fused-ring (bicyclic) bond motifs is 1. The smallest absolute Gasteiger partial charge is 0.233 e. The van der Waals surface area contributed by atoms with Gasteiger partial charge in [-0.1, -0.05) is 18.6 Å². The molecule has 5 heteroatoms. The largest absolute Gasteiger partial charge is 0.322 e. The van der Waals surface area contributed by atoms with Gasteiger partial charge in [0.1, 0.15) is 5.82 Å². The molecule has 4 nitrogen and oxygen atoms in total. The van der Waals surface area contributed by atoms with E-state index in [2.05, 4.69) is 0 Å². The number of imide groups is 1. The summed E-state index contributed by atoms with van der Waals surface area (Å²) in [5, 5.41) is 0. The van der Waals surface area contributed by atoms with E-state index in [-0.39, 0.29) is 36.0 Å². The van der Waals surface area contributed by atoms with Crippen molar-refractivity contribution in [3.8, 4) is 0 Å². The van der Waals surface area contributed by atoms with Gasteiger partial charge in [-0.25, -0.2) is 4.39 Å². The summed E-state index contributed by atoms with van der Waals surface area (Å²) in [5.74, 6) is -0.778. The summed E-state index contributed by atoms with van der Waals surface area (Å²) < 4.78 is 12.9. The molecule has 1 aliphatic heterocycles. The van der Waals surface area contributed by atoms with Crippen molar-refractivity contribution in [3.63, 3.8) is 0 Å². The van der Waals surface area contributed by atoms with Crippen LogP contribution in [0.2, 0.25) is 0 Å². The standard InChI is InChI=1S/C15H17FN2O2/c16-10-6-4-9(5-7-10)13(17)8-18-14(19)11-2-1-3-12(11)15(18)20/h4-7,11-13H,1-3,8,17H2. The molecule has 20 heavy (non-hydrogen) atoms. The van der Waals surface area contributed by atoms with Crippen molar-refractivity contribution in [3.05, 3.63) is 35.6 Å². The van der Waals surface area contributed by atoms with E-state index in [1.54, 1.807) is 12.1 Å². The molecule has 3 atom stereocenters. The Morgan fingerprint density at radius 2 is 1.70 bits per heavy atom. The monoisotopic (exact) mass is 276 g/mol. The van der Waals surface area contributed by atoms with Gasteiger partial charge < -0.3 is 5.73 Å². The molecule has 0 bridgehead atoms. The Labute approximate surface area is 116 Å². The minimum absolute atomic E-state index is 0.0879. The number of nitrogens with zero attached hydrogens (tertiary/aromatic N) is 1. The van der Waals surface area contributed by atoms with E-state index < -0.39 is 6.04 Å². The van der Waals surface area contributed by atoms with Gasteiger partial charge in [0.2, 0.25) is 11.8 Å². The maximum Gasteiger partial charge on any atom is 0.233 e. The summed E-state index contributed by atoms with van der Waals surface area (Å²) in [6, 6.07) is 5.37. The molecule has 2 N–H and O–H groups in total. The third-order valence-electron chi connectivity index (χ3n) is 4.36. The van der Waals surface area contributed by atoms with Crippen LogP contribution in [0.4, 0.5) is 4.39 Å². The lowest BCUT2D eigenvalue weighted by molar-refractivity contribution is -0.140. The van der Waals surface area contributed by atoms with Gasteiger partial charge >= 0.3 is 0 Å². The molecule has 1 aromatic rings. The molecule has 1 saturated carbocycles. The number of hydrogen-bond donors (Lipinski definition) is 1. The fourth-order valence-corrected chi connectivity index (χ4v) is 3.25. The molecule has 1 aromatic carbocycles. The molecule has 2 fully saturated rings. The average molecular weight is 276 g/mol. The summed E-state index contributed by atoms with van der Waals surface area (Å²) in [4.78, 5) is 25.7. The first-order chi connectivity index (χ1) is 9.58. The van der Waals surface area contributed by atoms with Crippen molar-refractivity contribution in [1.82, 2.24) is 4.90 Å². The van der Waals surface area contributed by atoms with Crippen LogP contribution in [0.1, 0.15) is 30.9 Å². The molecule has 0 radical (unpaired) electrons. The van der Waals surface area contributed by atoms with Crippen molar-refractivity contribution < 1.29 is 14.0 Å². The first kappa shape index (κ1) is 13.2. The topological polar surface area (TPSA) is 63.4 Å². The van der Waals surface area contributed by atoms with Crippen LogP contribution in [0, 0.1) is 17.7 Å². The molecule has 3 unspecified atom stereocenters. The van der Waals surface area contributed by atoms with Crippen LogP contribution in [-0.2, 0) is 9.59 Å². The lowest BCUT2D eigenvalue weighted by Gasteiger charge is -2.20. The van der Waals surface area contributed by atoms with Gasteiger partial charge in [-0.3, -0.25) is 14.5 Å². The molecule has 0 spiro atoms. The molecule has 1 aliphatic carbocycles. The fourth-order valence-electron chi connectivity index (χ4n) is 3.25. The van der Waals surface area contributed by atoms with Gasteiger partial charge in [0.15, 0.2) is 0 Å².